The van der Waals surface area contributed by atoms with Crippen LogP contribution in [0.1, 0.15) is 54.9 Å². The van der Waals surface area contributed by atoms with E-state index < -0.39 is 10.0 Å². The lowest BCUT2D eigenvalue weighted by molar-refractivity contribution is 0.0938. The summed E-state index contributed by atoms with van der Waals surface area (Å²) in [6, 6.07) is 14.7. The van der Waals surface area contributed by atoms with Crippen LogP contribution in [0.2, 0.25) is 0 Å². The van der Waals surface area contributed by atoms with E-state index in [2.05, 4.69) is 17.4 Å². The van der Waals surface area contributed by atoms with Gasteiger partial charge in [0.15, 0.2) is 0 Å². The fourth-order valence-corrected chi connectivity index (χ4v) is 5.55. The standard InChI is InChI=1S/C24H32N2O4S/c1-19(12-13-20-10-6-5-7-11-20)25-24(27)21-14-15-22(30-2)23(18-21)31(28,29)26-16-8-3-4-9-17-26/h5-7,10-11,14-15,18-19H,3-4,8-9,12-13,16-17H2,1-2H3,(H,25,27)/t19-/m0/s1. The highest BCUT2D eigenvalue weighted by atomic mass is 32.2. The molecule has 0 spiro atoms. The van der Waals surface area contributed by atoms with Crippen molar-refractivity contribution in [1.82, 2.24) is 9.62 Å². The minimum atomic E-state index is -3.73. The van der Waals surface area contributed by atoms with Gasteiger partial charge in [0.2, 0.25) is 10.0 Å². The van der Waals surface area contributed by atoms with Crippen LogP contribution in [-0.4, -0.2) is 44.9 Å². The lowest BCUT2D eigenvalue weighted by Gasteiger charge is -2.22. The number of amides is 1. The molecule has 1 heterocycles. The number of carbonyl (C=O) groups is 1. The molecule has 0 aromatic heterocycles. The third-order valence-electron chi connectivity index (χ3n) is 5.70. The van der Waals surface area contributed by atoms with Gasteiger partial charge in [-0.25, -0.2) is 8.42 Å². The number of rotatable bonds is 8. The molecular weight excluding hydrogens is 412 g/mol. The molecule has 1 saturated heterocycles. The van der Waals surface area contributed by atoms with Crippen LogP contribution in [0.5, 0.6) is 5.75 Å². The van der Waals surface area contributed by atoms with E-state index in [0.717, 1.165) is 38.5 Å². The van der Waals surface area contributed by atoms with Gasteiger partial charge in [-0.15, -0.1) is 0 Å². The lowest BCUT2D eigenvalue weighted by Crippen LogP contribution is -2.34. The number of methoxy groups -OCH3 is 1. The van der Waals surface area contributed by atoms with Crippen molar-refractivity contribution in [3.8, 4) is 5.75 Å². The van der Waals surface area contributed by atoms with E-state index in [4.69, 9.17) is 4.74 Å². The summed E-state index contributed by atoms with van der Waals surface area (Å²) in [5, 5.41) is 2.98. The summed E-state index contributed by atoms with van der Waals surface area (Å²) in [6.45, 7) is 2.95. The molecule has 1 aliphatic rings. The van der Waals surface area contributed by atoms with Gasteiger partial charge in [0, 0.05) is 24.7 Å². The molecule has 2 aromatic carbocycles. The number of sulfonamides is 1. The van der Waals surface area contributed by atoms with Crippen molar-refractivity contribution in [1.29, 1.82) is 0 Å². The second-order valence-corrected chi connectivity index (χ2v) is 9.99. The Hall–Kier alpha value is -2.38. The van der Waals surface area contributed by atoms with Crippen molar-refractivity contribution in [3.05, 3.63) is 59.7 Å². The minimum Gasteiger partial charge on any atom is -0.495 e. The molecule has 1 fully saturated rings. The van der Waals surface area contributed by atoms with Crippen LogP contribution >= 0.6 is 0 Å². The van der Waals surface area contributed by atoms with Gasteiger partial charge in [-0.05, 0) is 56.4 Å². The summed E-state index contributed by atoms with van der Waals surface area (Å²) in [7, 11) is -2.28. The predicted octanol–water partition coefficient (Wildman–Crippen LogP) is 4.01. The van der Waals surface area contributed by atoms with Crippen LogP contribution < -0.4 is 10.1 Å². The van der Waals surface area contributed by atoms with Gasteiger partial charge in [-0.3, -0.25) is 4.79 Å². The first-order chi connectivity index (χ1) is 14.9. The Bertz CT molecular complexity index is 968. The van der Waals surface area contributed by atoms with E-state index in [-0.39, 0.29) is 22.6 Å². The number of aryl methyl sites for hydroxylation is 1. The molecular formula is C24H32N2O4S. The Labute approximate surface area is 185 Å². The maximum atomic E-state index is 13.3. The predicted molar refractivity (Wildman–Crippen MR) is 122 cm³/mol. The molecule has 0 unspecified atom stereocenters. The highest BCUT2D eigenvalue weighted by molar-refractivity contribution is 7.89. The minimum absolute atomic E-state index is 0.0412. The third kappa shape index (κ3) is 6.08. The number of hydrogen-bond acceptors (Lipinski definition) is 4. The molecule has 0 saturated carbocycles. The fourth-order valence-electron chi connectivity index (χ4n) is 3.85. The van der Waals surface area contributed by atoms with Crippen LogP contribution in [0.3, 0.4) is 0 Å². The molecule has 2 aromatic rings. The molecule has 6 nitrogen and oxygen atoms in total. The SMILES string of the molecule is COc1ccc(C(=O)N[C@@H](C)CCc2ccccc2)cc1S(=O)(=O)N1CCCCCC1. The molecule has 31 heavy (non-hydrogen) atoms. The number of nitrogens with zero attached hydrogens (tertiary/aromatic N) is 1. The fraction of sp³-hybridized carbons (Fsp3) is 0.458. The number of benzene rings is 2. The Kier molecular flexibility index (Phi) is 8.09. The summed E-state index contributed by atoms with van der Waals surface area (Å²) in [4.78, 5) is 12.9. The molecule has 1 N–H and O–H groups in total. The van der Waals surface area contributed by atoms with Crippen molar-refractivity contribution in [2.75, 3.05) is 20.2 Å². The normalized spacial score (nSPS) is 16.3. The number of carbonyl (C=O) groups excluding carboxylic acids is 1. The van der Waals surface area contributed by atoms with Gasteiger partial charge in [0.05, 0.1) is 7.11 Å². The Morgan fingerprint density at radius 1 is 1.06 bits per heavy atom. The zero-order chi connectivity index (χ0) is 22.3. The summed E-state index contributed by atoms with van der Waals surface area (Å²) in [6.07, 6.45) is 5.42. The van der Waals surface area contributed by atoms with Crippen LogP contribution in [0.25, 0.3) is 0 Å². The van der Waals surface area contributed by atoms with Gasteiger partial charge in [0.25, 0.3) is 5.91 Å². The zero-order valence-corrected chi connectivity index (χ0v) is 19.2. The van der Waals surface area contributed by atoms with Crippen molar-refractivity contribution in [2.24, 2.45) is 0 Å². The van der Waals surface area contributed by atoms with Gasteiger partial charge in [-0.1, -0.05) is 43.2 Å². The van der Waals surface area contributed by atoms with Crippen LogP contribution in [-0.2, 0) is 16.4 Å². The Balaban J connectivity index is 1.73. The summed E-state index contributed by atoms with van der Waals surface area (Å²) >= 11 is 0. The maximum absolute atomic E-state index is 13.3. The molecule has 0 bridgehead atoms. The second-order valence-electron chi connectivity index (χ2n) is 8.08. The molecule has 1 atom stereocenters. The smallest absolute Gasteiger partial charge is 0.251 e. The number of hydrogen-bond donors (Lipinski definition) is 1. The van der Waals surface area contributed by atoms with Crippen molar-refractivity contribution < 1.29 is 17.9 Å². The summed E-state index contributed by atoms with van der Waals surface area (Å²) < 4.78 is 33.4. The van der Waals surface area contributed by atoms with Crippen LogP contribution in [0.4, 0.5) is 0 Å². The average molecular weight is 445 g/mol. The van der Waals surface area contributed by atoms with Crippen molar-refractivity contribution in [2.45, 2.75) is 56.4 Å². The van der Waals surface area contributed by atoms with E-state index in [1.165, 1.54) is 23.0 Å². The van der Waals surface area contributed by atoms with E-state index in [9.17, 15) is 13.2 Å². The summed E-state index contributed by atoms with van der Waals surface area (Å²) in [5.74, 6) is -0.0199. The molecule has 0 radical (unpaired) electrons. The first-order valence-electron chi connectivity index (χ1n) is 10.9. The monoisotopic (exact) mass is 444 g/mol. The van der Waals surface area contributed by atoms with Crippen molar-refractivity contribution in [3.63, 3.8) is 0 Å². The molecule has 3 rings (SSSR count). The van der Waals surface area contributed by atoms with Gasteiger partial charge < -0.3 is 10.1 Å². The highest BCUT2D eigenvalue weighted by Gasteiger charge is 2.29. The van der Waals surface area contributed by atoms with Crippen LogP contribution in [0.15, 0.2) is 53.4 Å². The van der Waals surface area contributed by atoms with E-state index in [1.54, 1.807) is 12.1 Å². The molecule has 1 aliphatic heterocycles. The maximum Gasteiger partial charge on any atom is 0.251 e. The lowest BCUT2D eigenvalue weighted by atomic mass is 10.1. The number of nitrogens with one attached hydrogen (secondary N) is 1. The second kappa shape index (κ2) is 10.8. The first-order valence-corrected chi connectivity index (χ1v) is 12.4. The zero-order valence-electron chi connectivity index (χ0n) is 18.3. The number of ether oxygens (including phenoxy) is 1. The molecule has 1 amide bonds. The van der Waals surface area contributed by atoms with E-state index in [0.29, 0.717) is 18.7 Å². The first kappa shape index (κ1) is 23.3. The third-order valence-corrected chi connectivity index (χ3v) is 7.61. The average Bonchev–Trinajstić information content (AvgIpc) is 3.08. The highest BCUT2D eigenvalue weighted by Crippen LogP contribution is 2.29. The molecule has 7 heteroatoms. The van der Waals surface area contributed by atoms with Gasteiger partial charge in [0.1, 0.15) is 10.6 Å². The van der Waals surface area contributed by atoms with E-state index >= 15 is 0 Å². The largest absolute Gasteiger partial charge is 0.495 e. The molecule has 0 aliphatic carbocycles. The Morgan fingerprint density at radius 2 is 1.74 bits per heavy atom. The Morgan fingerprint density at radius 3 is 2.39 bits per heavy atom. The van der Waals surface area contributed by atoms with Crippen molar-refractivity contribution >= 4 is 15.9 Å². The molecule has 168 valence electrons. The topological polar surface area (TPSA) is 75.7 Å². The quantitative estimate of drug-likeness (QED) is 0.667. The van der Waals surface area contributed by atoms with Crippen LogP contribution in [0, 0.1) is 0 Å². The van der Waals surface area contributed by atoms with E-state index in [1.807, 2.05) is 25.1 Å². The van der Waals surface area contributed by atoms with Gasteiger partial charge in [-0.2, -0.15) is 4.31 Å². The summed E-state index contributed by atoms with van der Waals surface area (Å²) in [5.41, 5.74) is 1.54. The van der Waals surface area contributed by atoms with Gasteiger partial charge >= 0.3 is 0 Å².